The second kappa shape index (κ2) is 6.33. The summed E-state index contributed by atoms with van der Waals surface area (Å²) in [6, 6.07) is 2.08. The maximum absolute atomic E-state index is 12.9. The molecule has 0 saturated heterocycles. The highest BCUT2D eigenvalue weighted by atomic mass is 19.4. The summed E-state index contributed by atoms with van der Waals surface area (Å²) in [7, 11) is 0. The van der Waals surface area contributed by atoms with Crippen molar-refractivity contribution in [1.29, 1.82) is 0 Å². The molecule has 0 saturated carbocycles. The molecule has 1 rings (SSSR count). The highest BCUT2D eigenvalue weighted by molar-refractivity contribution is 5.49. The van der Waals surface area contributed by atoms with Crippen LogP contribution in [0.25, 0.3) is 0 Å². The number of rotatable bonds is 5. The molecule has 2 N–H and O–H groups in total. The van der Waals surface area contributed by atoms with E-state index in [1.165, 1.54) is 0 Å². The van der Waals surface area contributed by atoms with Crippen molar-refractivity contribution in [2.45, 2.75) is 40.3 Å². The summed E-state index contributed by atoms with van der Waals surface area (Å²) < 4.78 is 38.6. The minimum Gasteiger partial charge on any atom is -0.370 e. The quantitative estimate of drug-likeness (QED) is 0.844. The fourth-order valence-corrected chi connectivity index (χ4v) is 1.48. The van der Waals surface area contributed by atoms with E-state index in [0.29, 0.717) is 13.1 Å². The lowest BCUT2D eigenvalue weighted by molar-refractivity contribution is -0.137. The molecule has 0 radical (unpaired) electrons. The Labute approximate surface area is 118 Å². The van der Waals surface area contributed by atoms with Gasteiger partial charge in [-0.05, 0) is 24.0 Å². The van der Waals surface area contributed by atoms with Gasteiger partial charge in [0.2, 0.25) is 0 Å². The molecule has 0 aromatic carbocycles. The zero-order valence-electron chi connectivity index (χ0n) is 12.4. The number of hydrogen-bond donors (Lipinski definition) is 2. The lowest BCUT2D eigenvalue weighted by atomic mass is 9.97. The summed E-state index contributed by atoms with van der Waals surface area (Å²) in [5.74, 6) is 0.492. The van der Waals surface area contributed by atoms with E-state index in [4.69, 9.17) is 0 Å². The van der Waals surface area contributed by atoms with Gasteiger partial charge in [0.1, 0.15) is 11.6 Å². The van der Waals surface area contributed by atoms with Gasteiger partial charge in [0.05, 0.1) is 5.56 Å². The number of halogens is 3. The summed E-state index contributed by atoms with van der Waals surface area (Å²) >= 11 is 0. The Balaban J connectivity index is 2.97. The molecule has 0 bridgehead atoms. The van der Waals surface area contributed by atoms with Gasteiger partial charge in [-0.15, -0.1) is 0 Å². The fourth-order valence-electron chi connectivity index (χ4n) is 1.48. The van der Waals surface area contributed by atoms with Crippen LogP contribution >= 0.6 is 0 Å². The lowest BCUT2D eigenvalue weighted by Gasteiger charge is -2.20. The average Bonchev–Trinajstić information content (AvgIpc) is 2.32. The minimum absolute atomic E-state index is 0.0348. The molecule has 0 aliphatic carbocycles. The molecular weight excluding hydrogens is 267 g/mol. The first-order valence-corrected chi connectivity index (χ1v) is 6.69. The second-order valence-electron chi connectivity index (χ2n) is 5.97. The van der Waals surface area contributed by atoms with Crippen LogP contribution in [0.3, 0.4) is 0 Å². The molecule has 1 heterocycles. The third kappa shape index (κ3) is 5.67. The van der Waals surface area contributed by atoms with Crippen LogP contribution < -0.4 is 10.6 Å². The van der Waals surface area contributed by atoms with Crippen molar-refractivity contribution in [3.05, 3.63) is 17.7 Å². The first kappa shape index (κ1) is 16.6. The standard InChI is InChI=1S/C14H22F3N3/c1-5-6-18-11-7-10(14(15,16)17)8-12(20-11)19-9-13(2,3)4/h7-8H,5-6,9H2,1-4H3,(H2,18,19,20). The van der Waals surface area contributed by atoms with E-state index in [0.717, 1.165) is 18.6 Å². The number of anilines is 2. The van der Waals surface area contributed by atoms with Crippen LogP contribution in [-0.2, 0) is 6.18 Å². The summed E-state index contributed by atoms with van der Waals surface area (Å²) in [4.78, 5) is 4.17. The first-order chi connectivity index (χ1) is 9.12. The molecule has 0 fully saturated rings. The van der Waals surface area contributed by atoms with Crippen molar-refractivity contribution in [3.63, 3.8) is 0 Å². The van der Waals surface area contributed by atoms with E-state index in [-0.39, 0.29) is 17.1 Å². The SMILES string of the molecule is CCCNc1cc(C(F)(F)F)cc(NCC(C)(C)C)n1. The molecule has 114 valence electrons. The van der Waals surface area contributed by atoms with E-state index in [9.17, 15) is 13.2 Å². The van der Waals surface area contributed by atoms with E-state index in [2.05, 4.69) is 15.6 Å². The molecule has 0 unspecified atom stereocenters. The van der Waals surface area contributed by atoms with Crippen molar-refractivity contribution in [3.8, 4) is 0 Å². The van der Waals surface area contributed by atoms with E-state index in [1.807, 2.05) is 27.7 Å². The predicted molar refractivity (Wildman–Crippen MR) is 76.0 cm³/mol. The highest BCUT2D eigenvalue weighted by Crippen LogP contribution is 2.32. The zero-order chi connectivity index (χ0) is 15.4. The summed E-state index contributed by atoms with van der Waals surface area (Å²) in [6.45, 7) is 9.10. The van der Waals surface area contributed by atoms with Crippen molar-refractivity contribution < 1.29 is 13.2 Å². The number of nitrogens with zero attached hydrogens (tertiary/aromatic N) is 1. The number of hydrogen-bond acceptors (Lipinski definition) is 3. The van der Waals surface area contributed by atoms with Crippen LogP contribution in [0.5, 0.6) is 0 Å². The number of pyridine rings is 1. The Kier molecular flexibility index (Phi) is 5.25. The Morgan fingerprint density at radius 3 is 2.05 bits per heavy atom. The van der Waals surface area contributed by atoms with E-state index >= 15 is 0 Å². The monoisotopic (exact) mass is 289 g/mol. The summed E-state index contributed by atoms with van der Waals surface area (Å²) in [5, 5.41) is 5.86. The number of aromatic nitrogens is 1. The summed E-state index contributed by atoms with van der Waals surface area (Å²) in [6.07, 6.45) is -3.55. The van der Waals surface area contributed by atoms with Gasteiger partial charge < -0.3 is 10.6 Å². The maximum Gasteiger partial charge on any atom is 0.416 e. The molecular formula is C14H22F3N3. The van der Waals surface area contributed by atoms with Crippen LogP contribution in [-0.4, -0.2) is 18.1 Å². The van der Waals surface area contributed by atoms with Crippen LogP contribution in [0.4, 0.5) is 24.8 Å². The normalized spacial score (nSPS) is 12.3. The largest absolute Gasteiger partial charge is 0.416 e. The van der Waals surface area contributed by atoms with Crippen LogP contribution in [0.2, 0.25) is 0 Å². The number of alkyl halides is 3. The Morgan fingerprint density at radius 2 is 1.60 bits per heavy atom. The Hall–Kier alpha value is -1.46. The van der Waals surface area contributed by atoms with Crippen molar-refractivity contribution in [2.24, 2.45) is 5.41 Å². The van der Waals surface area contributed by atoms with Crippen molar-refractivity contribution in [1.82, 2.24) is 4.98 Å². The molecule has 3 nitrogen and oxygen atoms in total. The van der Waals surface area contributed by atoms with Gasteiger partial charge in [-0.1, -0.05) is 27.7 Å². The summed E-state index contributed by atoms with van der Waals surface area (Å²) in [5.41, 5.74) is -0.727. The molecule has 0 atom stereocenters. The highest BCUT2D eigenvalue weighted by Gasteiger charge is 2.31. The van der Waals surface area contributed by atoms with Gasteiger partial charge in [-0.2, -0.15) is 13.2 Å². The first-order valence-electron chi connectivity index (χ1n) is 6.69. The third-order valence-corrected chi connectivity index (χ3v) is 2.51. The second-order valence-corrected chi connectivity index (χ2v) is 5.97. The Bertz CT molecular complexity index is 436. The van der Waals surface area contributed by atoms with Crippen molar-refractivity contribution >= 4 is 11.6 Å². The van der Waals surface area contributed by atoms with Gasteiger partial charge in [0, 0.05) is 13.1 Å². The minimum atomic E-state index is -4.37. The third-order valence-electron chi connectivity index (χ3n) is 2.51. The van der Waals surface area contributed by atoms with E-state index in [1.54, 1.807) is 0 Å². The van der Waals surface area contributed by atoms with Gasteiger partial charge in [0.15, 0.2) is 0 Å². The van der Waals surface area contributed by atoms with Crippen LogP contribution in [0.1, 0.15) is 39.7 Å². The molecule has 1 aromatic heterocycles. The van der Waals surface area contributed by atoms with Crippen LogP contribution in [0, 0.1) is 5.41 Å². The van der Waals surface area contributed by atoms with Gasteiger partial charge >= 0.3 is 6.18 Å². The zero-order valence-corrected chi connectivity index (χ0v) is 12.4. The smallest absolute Gasteiger partial charge is 0.370 e. The van der Waals surface area contributed by atoms with Gasteiger partial charge in [0.25, 0.3) is 0 Å². The molecule has 0 aliphatic heterocycles. The van der Waals surface area contributed by atoms with Crippen LogP contribution in [0.15, 0.2) is 12.1 Å². The van der Waals surface area contributed by atoms with Gasteiger partial charge in [-0.3, -0.25) is 0 Å². The predicted octanol–water partition coefficient (Wildman–Crippen LogP) is 4.38. The topological polar surface area (TPSA) is 37.0 Å². The lowest BCUT2D eigenvalue weighted by Crippen LogP contribution is -2.20. The maximum atomic E-state index is 12.9. The Morgan fingerprint density at radius 1 is 1.05 bits per heavy atom. The fraction of sp³-hybridized carbons (Fsp3) is 0.643. The molecule has 0 aliphatic rings. The molecule has 1 aromatic rings. The van der Waals surface area contributed by atoms with E-state index < -0.39 is 11.7 Å². The molecule has 20 heavy (non-hydrogen) atoms. The molecule has 0 spiro atoms. The average molecular weight is 289 g/mol. The number of nitrogens with one attached hydrogen (secondary N) is 2. The molecule has 0 amide bonds. The van der Waals surface area contributed by atoms with Crippen molar-refractivity contribution in [2.75, 3.05) is 23.7 Å². The van der Waals surface area contributed by atoms with Gasteiger partial charge in [-0.25, -0.2) is 4.98 Å². The molecule has 6 heteroatoms.